The summed E-state index contributed by atoms with van der Waals surface area (Å²) < 4.78 is 0. The van der Waals surface area contributed by atoms with Crippen LogP contribution in [-0.2, 0) is 6.42 Å². The third-order valence-electron chi connectivity index (χ3n) is 3.32. The summed E-state index contributed by atoms with van der Waals surface area (Å²) in [6, 6.07) is 13.3. The van der Waals surface area contributed by atoms with Gasteiger partial charge >= 0.3 is 0 Å². The van der Waals surface area contributed by atoms with Crippen LogP contribution in [0.1, 0.15) is 37.3 Å². The highest BCUT2D eigenvalue weighted by molar-refractivity contribution is 5.89. The normalized spacial score (nSPS) is 11.3. The molecule has 0 heterocycles. The topological polar surface area (TPSA) is 26.0 Å². The summed E-state index contributed by atoms with van der Waals surface area (Å²) in [5, 5.41) is 2.80. The molecule has 90 valence electrons. The molecule has 17 heavy (non-hydrogen) atoms. The fourth-order valence-corrected chi connectivity index (χ4v) is 2.40. The van der Waals surface area contributed by atoms with Crippen LogP contribution in [0.2, 0.25) is 0 Å². The van der Waals surface area contributed by atoms with Crippen molar-refractivity contribution in [1.82, 2.24) is 0 Å². The van der Waals surface area contributed by atoms with Crippen LogP contribution in [0.3, 0.4) is 0 Å². The first-order chi connectivity index (χ1) is 8.24. The molecule has 0 bridgehead atoms. The van der Waals surface area contributed by atoms with E-state index < -0.39 is 0 Å². The van der Waals surface area contributed by atoms with E-state index in [0.29, 0.717) is 5.92 Å². The highest BCUT2D eigenvalue weighted by atomic mass is 14.5. The first-order valence-corrected chi connectivity index (χ1v) is 6.44. The van der Waals surface area contributed by atoms with Gasteiger partial charge in [0.25, 0.3) is 0 Å². The number of fused-ring (bicyclic) bond motifs is 1. The summed E-state index contributed by atoms with van der Waals surface area (Å²) >= 11 is 0. The smallest absolute Gasteiger partial charge is 0.00741 e. The molecular weight excluding hydrogens is 206 g/mol. The van der Waals surface area contributed by atoms with Gasteiger partial charge in [0.1, 0.15) is 0 Å². The van der Waals surface area contributed by atoms with Crippen molar-refractivity contribution in [1.29, 1.82) is 0 Å². The van der Waals surface area contributed by atoms with Crippen LogP contribution in [0.5, 0.6) is 0 Å². The summed E-state index contributed by atoms with van der Waals surface area (Å²) in [4.78, 5) is 0. The van der Waals surface area contributed by atoms with Gasteiger partial charge in [-0.2, -0.15) is 0 Å². The standard InChI is InChI=1S/C16H21N/c1-12(2)14-10-9-13(6-5-11-17)15-7-3-4-8-16(14)15/h3-4,7-10,12H,5-6,11,17H2,1-2H3. The molecule has 0 aliphatic rings. The number of rotatable bonds is 4. The Morgan fingerprint density at radius 3 is 2.35 bits per heavy atom. The van der Waals surface area contributed by atoms with Gasteiger partial charge in [-0.25, -0.2) is 0 Å². The molecule has 1 nitrogen and oxygen atoms in total. The van der Waals surface area contributed by atoms with Gasteiger partial charge in [0.2, 0.25) is 0 Å². The molecule has 0 aliphatic heterocycles. The van der Waals surface area contributed by atoms with E-state index in [1.807, 2.05) is 0 Å². The monoisotopic (exact) mass is 227 g/mol. The van der Waals surface area contributed by atoms with E-state index in [9.17, 15) is 0 Å². The Balaban J connectivity index is 2.54. The molecule has 2 rings (SSSR count). The Morgan fingerprint density at radius 2 is 1.71 bits per heavy atom. The minimum atomic E-state index is 0.573. The average molecular weight is 227 g/mol. The number of benzene rings is 2. The second kappa shape index (κ2) is 5.33. The first-order valence-electron chi connectivity index (χ1n) is 6.44. The summed E-state index contributed by atoms with van der Waals surface area (Å²) in [7, 11) is 0. The fourth-order valence-electron chi connectivity index (χ4n) is 2.40. The molecule has 0 saturated heterocycles. The third kappa shape index (κ3) is 2.50. The van der Waals surface area contributed by atoms with Crippen LogP contribution in [0, 0.1) is 0 Å². The summed E-state index contributed by atoms with van der Waals surface area (Å²) in [6.45, 7) is 5.27. The van der Waals surface area contributed by atoms with Crippen molar-refractivity contribution in [3.8, 4) is 0 Å². The van der Waals surface area contributed by atoms with Crippen LogP contribution in [0.25, 0.3) is 10.8 Å². The lowest BCUT2D eigenvalue weighted by atomic mass is 9.92. The molecule has 0 unspecified atom stereocenters. The Labute approximate surface area is 104 Å². The zero-order valence-corrected chi connectivity index (χ0v) is 10.7. The first kappa shape index (κ1) is 12.1. The number of hydrogen-bond donors (Lipinski definition) is 1. The Hall–Kier alpha value is -1.34. The van der Waals surface area contributed by atoms with Gasteiger partial charge in [0, 0.05) is 0 Å². The quantitative estimate of drug-likeness (QED) is 0.843. The zero-order chi connectivity index (χ0) is 12.3. The summed E-state index contributed by atoms with van der Waals surface area (Å²) in [5.41, 5.74) is 8.47. The summed E-state index contributed by atoms with van der Waals surface area (Å²) in [5.74, 6) is 0.573. The molecule has 0 aromatic heterocycles. The van der Waals surface area contributed by atoms with Crippen LogP contribution in [0.4, 0.5) is 0 Å². The van der Waals surface area contributed by atoms with Gasteiger partial charge in [-0.15, -0.1) is 0 Å². The van der Waals surface area contributed by atoms with Gasteiger partial charge in [-0.1, -0.05) is 50.2 Å². The lowest BCUT2D eigenvalue weighted by molar-refractivity contribution is 0.834. The lowest BCUT2D eigenvalue weighted by Crippen LogP contribution is -2.01. The molecule has 0 saturated carbocycles. The molecule has 0 atom stereocenters. The molecule has 1 heteroatoms. The van der Waals surface area contributed by atoms with Gasteiger partial charge in [-0.3, -0.25) is 0 Å². The maximum Gasteiger partial charge on any atom is -0.00741 e. The molecule has 0 radical (unpaired) electrons. The van der Waals surface area contributed by atoms with E-state index in [1.165, 1.54) is 21.9 Å². The molecule has 0 spiro atoms. The minimum absolute atomic E-state index is 0.573. The van der Waals surface area contributed by atoms with E-state index in [-0.39, 0.29) is 0 Å². The predicted molar refractivity (Wildman–Crippen MR) is 75.4 cm³/mol. The van der Waals surface area contributed by atoms with E-state index >= 15 is 0 Å². The maximum absolute atomic E-state index is 5.60. The highest BCUT2D eigenvalue weighted by Gasteiger charge is 2.07. The van der Waals surface area contributed by atoms with Crippen molar-refractivity contribution < 1.29 is 0 Å². The maximum atomic E-state index is 5.60. The average Bonchev–Trinajstić information content (AvgIpc) is 2.35. The Bertz CT molecular complexity index is 500. The van der Waals surface area contributed by atoms with Crippen molar-refractivity contribution in [2.24, 2.45) is 5.73 Å². The fraction of sp³-hybridized carbons (Fsp3) is 0.375. The second-order valence-corrected chi connectivity index (χ2v) is 4.91. The number of nitrogens with two attached hydrogens (primary N) is 1. The molecule has 2 N–H and O–H groups in total. The predicted octanol–water partition coefficient (Wildman–Crippen LogP) is 3.85. The van der Waals surface area contributed by atoms with E-state index in [4.69, 9.17) is 5.73 Å². The van der Waals surface area contributed by atoms with Gasteiger partial charge < -0.3 is 5.73 Å². The van der Waals surface area contributed by atoms with Crippen LogP contribution in [-0.4, -0.2) is 6.54 Å². The lowest BCUT2D eigenvalue weighted by Gasteiger charge is -2.13. The third-order valence-corrected chi connectivity index (χ3v) is 3.32. The Morgan fingerprint density at radius 1 is 1.00 bits per heavy atom. The van der Waals surface area contributed by atoms with Crippen molar-refractivity contribution >= 4 is 10.8 Å². The van der Waals surface area contributed by atoms with E-state index in [1.54, 1.807) is 0 Å². The summed E-state index contributed by atoms with van der Waals surface area (Å²) in [6.07, 6.45) is 2.14. The molecule has 0 fully saturated rings. The second-order valence-electron chi connectivity index (χ2n) is 4.91. The van der Waals surface area contributed by atoms with Gasteiger partial charge in [-0.05, 0) is 47.2 Å². The molecular formula is C16H21N. The largest absolute Gasteiger partial charge is 0.330 e. The molecule has 0 amide bonds. The van der Waals surface area contributed by atoms with Crippen molar-refractivity contribution in [2.75, 3.05) is 6.54 Å². The van der Waals surface area contributed by atoms with Gasteiger partial charge in [0.05, 0.1) is 0 Å². The van der Waals surface area contributed by atoms with Gasteiger partial charge in [0.15, 0.2) is 0 Å². The molecule has 2 aromatic rings. The zero-order valence-electron chi connectivity index (χ0n) is 10.7. The minimum Gasteiger partial charge on any atom is -0.330 e. The van der Waals surface area contributed by atoms with E-state index in [2.05, 4.69) is 50.2 Å². The van der Waals surface area contributed by atoms with Crippen molar-refractivity contribution in [3.63, 3.8) is 0 Å². The van der Waals surface area contributed by atoms with Crippen LogP contribution < -0.4 is 5.73 Å². The van der Waals surface area contributed by atoms with E-state index in [0.717, 1.165) is 19.4 Å². The van der Waals surface area contributed by atoms with Crippen LogP contribution >= 0.6 is 0 Å². The molecule has 2 aromatic carbocycles. The van der Waals surface area contributed by atoms with Crippen molar-refractivity contribution in [3.05, 3.63) is 47.5 Å². The van der Waals surface area contributed by atoms with Crippen LogP contribution in [0.15, 0.2) is 36.4 Å². The number of aryl methyl sites for hydroxylation is 1. The van der Waals surface area contributed by atoms with Crippen molar-refractivity contribution in [2.45, 2.75) is 32.6 Å². The SMILES string of the molecule is CC(C)c1ccc(CCCN)c2ccccc12. The molecule has 0 aliphatic carbocycles. The Kier molecular flexibility index (Phi) is 3.80. The number of hydrogen-bond acceptors (Lipinski definition) is 1. The highest BCUT2D eigenvalue weighted by Crippen LogP contribution is 2.28.